The Balaban J connectivity index is 1.37. The number of ether oxygens (including phenoxy) is 1. The van der Waals surface area contributed by atoms with Gasteiger partial charge < -0.3 is 9.64 Å². The number of hydrogen-bond acceptors (Lipinski definition) is 6. The van der Waals surface area contributed by atoms with Gasteiger partial charge in [-0.15, -0.1) is 0 Å². The summed E-state index contributed by atoms with van der Waals surface area (Å²) in [5, 5.41) is 1.20. The maximum Gasteiger partial charge on any atom is 0.274 e. The van der Waals surface area contributed by atoms with E-state index in [2.05, 4.69) is 4.98 Å². The van der Waals surface area contributed by atoms with Crippen LogP contribution in [0.2, 0.25) is 5.02 Å². The number of piperidine rings is 1. The van der Waals surface area contributed by atoms with Crippen LogP contribution in [-0.2, 0) is 9.84 Å². The molecule has 9 heteroatoms. The molecule has 6 nitrogen and oxygen atoms in total. The smallest absolute Gasteiger partial charge is 0.274 e. The summed E-state index contributed by atoms with van der Waals surface area (Å²) < 4.78 is 30.1. The molecule has 29 heavy (non-hydrogen) atoms. The first kappa shape index (κ1) is 20.1. The largest absolute Gasteiger partial charge is 0.467 e. The zero-order chi connectivity index (χ0) is 20.6. The number of carbonyl (C=O) groups excluding carboxylic acids is 1. The average Bonchev–Trinajstić information content (AvgIpc) is 3.11. The Morgan fingerprint density at radius 1 is 1.17 bits per heavy atom. The van der Waals surface area contributed by atoms with E-state index in [4.69, 9.17) is 16.3 Å². The maximum absolute atomic E-state index is 12.7. The third-order valence-electron chi connectivity index (χ3n) is 4.88. The lowest BCUT2D eigenvalue weighted by Crippen LogP contribution is -2.41. The molecular weight excluding hydrogens is 432 g/mol. The first-order valence-electron chi connectivity index (χ1n) is 9.12. The zero-order valence-electron chi connectivity index (χ0n) is 15.7. The van der Waals surface area contributed by atoms with E-state index in [9.17, 15) is 13.2 Å². The standard InChI is InChI=1S/C20H19ClN2O4S2/c1-29(25,26)15-7-5-13(6-8-15)19(24)23-11-9-14(10-12-23)27-20-22-18-16(21)3-2-4-17(18)28-20/h2-8,14H,9-12H2,1H3. The van der Waals surface area contributed by atoms with Crippen molar-refractivity contribution < 1.29 is 17.9 Å². The van der Waals surface area contributed by atoms with E-state index in [1.807, 2.05) is 12.1 Å². The highest BCUT2D eigenvalue weighted by Gasteiger charge is 2.26. The number of halogens is 1. The van der Waals surface area contributed by atoms with Crippen molar-refractivity contribution >= 4 is 48.9 Å². The van der Waals surface area contributed by atoms with Gasteiger partial charge in [0.15, 0.2) is 9.84 Å². The Bertz CT molecular complexity index is 1150. The molecule has 1 aliphatic rings. The highest BCUT2D eigenvalue weighted by molar-refractivity contribution is 7.90. The number of likely N-dealkylation sites (tertiary alicyclic amines) is 1. The number of rotatable bonds is 4. The van der Waals surface area contributed by atoms with Crippen molar-refractivity contribution in [1.29, 1.82) is 0 Å². The second kappa shape index (κ2) is 7.93. The number of benzene rings is 2. The fraction of sp³-hybridized carbons (Fsp3) is 0.300. The topological polar surface area (TPSA) is 76.6 Å². The van der Waals surface area contributed by atoms with Crippen molar-refractivity contribution in [2.24, 2.45) is 0 Å². The van der Waals surface area contributed by atoms with Gasteiger partial charge in [0, 0.05) is 37.8 Å². The Morgan fingerprint density at radius 3 is 2.48 bits per heavy atom. The summed E-state index contributed by atoms with van der Waals surface area (Å²) in [4.78, 5) is 19.1. The molecule has 0 aliphatic carbocycles. The zero-order valence-corrected chi connectivity index (χ0v) is 18.1. The van der Waals surface area contributed by atoms with E-state index < -0.39 is 9.84 Å². The number of amides is 1. The molecule has 0 radical (unpaired) electrons. The molecular formula is C20H19ClN2O4S2. The van der Waals surface area contributed by atoms with Gasteiger partial charge in [-0.25, -0.2) is 13.4 Å². The van der Waals surface area contributed by atoms with E-state index in [0.717, 1.165) is 16.5 Å². The van der Waals surface area contributed by atoms with E-state index >= 15 is 0 Å². The van der Waals surface area contributed by atoms with Crippen molar-refractivity contribution in [2.75, 3.05) is 19.3 Å². The van der Waals surface area contributed by atoms with Crippen molar-refractivity contribution in [3.63, 3.8) is 0 Å². The fourth-order valence-electron chi connectivity index (χ4n) is 3.29. The van der Waals surface area contributed by atoms with Crippen LogP contribution < -0.4 is 4.74 Å². The Morgan fingerprint density at radius 2 is 1.86 bits per heavy atom. The lowest BCUT2D eigenvalue weighted by atomic mass is 10.1. The summed E-state index contributed by atoms with van der Waals surface area (Å²) >= 11 is 7.64. The molecule has 3 aromatic rings. The lowest BCUT2D eigenvalue weighted by molar-refractivity contribution is 0.0595. The molecule has 0 N–H and O–H groups in total. The van der Waals surface area contributed by atoms with Gasteiger partial charge in [-0.3, -0.25) is 4.79 Å². The summed E-state index contributed by atoms with van der Waals surface area (Å²) in [6.07, 6.45) is 2.55. The fourth-order valence-corrected chi connectivity index (χ4v) is 5.10. The van der Waals surface area contributed by atoms with Crippen LogP contribution in [0.25, 0.3) is 10.2 Å². The lowest BCUT2D eigenvalue weighted by Gasteiger charge is -2.31. The van der Waals surface area contributed by atoms with Crippen molar-refractivity contribution in [3.05, 3.63) is 53.1 Å². The molecule has 2 heterocycles. The summed E-state index contributed by atoms with van der Waals surface area (Å²) in [5.74, 6) is -0.102. The maximum atomic E-state index is 12.7. The number of para-hydroxylation sites is 1. The average molecular weight is 451 g/mol. The quantitative estimate of drug-likeness (QED) is 0.599. The van der Waals surface area contributed by atoms with Crippen LogP contribution in [0.4, 0.5) is 0 Å². The Labute approximate surface area is 178 Å². The minimum Gasteiger partial charge on any atom is -0.467 e. The number of aromatic nitrogens is 1. The van der Waals surface area contributed by atoms with Crippen LogP contribution in [0, 0.1) is 0 Å². The molecule has 0 spiro atoms. The first-order valence-corrected chi connectivity index (χ1v) is 12.2. The highest BCUT2D eigenvalue weighted by atomic mass is 35.5. The van der Waals surface area contributed by atoms with Crippen molar-refractivity contribution in [3.8, 4) is 5.19 Å². The van der Waals surface area contributed by atoms with Crippen LogP contribution >= 0.6 is 22.9 Å². The molecule has 2 aromatic carbocycles. The molecule has 0 unspecified atom stereocenters. The van der Waals surface area contributed by atoms with E-state index in [-0.39, 0.29) is 16.9 Å². The molecule has 0 bridgehead atoms. The summed E-state index contributed by atoms with van der Waals surface area (Å²) in [5.41, 5.74) is 1.23. The molecule has 1 aliphatic heterocycles. The molecule has 1 fully saturated rings. The third kappa shape index (κ3) is 4.39. The predicted octanol–water partition coefficient (Wildman–Crippen LogP) is 4.04. The van der Waals surface area contributed by atoms with E-state index in [1.165, 1.54) is 23.5 Å². The van der Waals surface area contributed by atoms with Crippen molar-refractivity contribution in [2.45, 2.75) is 23.8 Å². The number of thiazole rings is 1. The summed E-state index contributed by atoms with van der Waals surface area (Å²) in [7, 11) is -3.27. The minimum absolute atomic E-state index is 0.00834. The second-order valence-electron chi connectivity index (χ2n) is 6.97. The number of carbonyl (C=O) groups is 1. The second-order valence-corrected chi connectivity index (χ2v) is 10.4. The highest BCUT2D eigenvalue weighted by Crippen LogP contribution is 2.33. The van der Waals surface area contributed by atoms with Gasteiger partial charge in [0.25, 0.3) is 11.1 Å². The van der Waals surface area contributed by atoms with E-state index in [1.54, 1.807) is 23.1 Å². The van der Waals surface area contributed by atoms with Gasteiger partial charge in [0.2, 0.25) is 0 Å². The van der Waals surface area contributed by atoms with Gasteiger partial charge in [0.05, 0.1) is 14.6 Å². The van der Waals surface area contributed by atoms with Gasteiger partial charge in [-0.2, -0.15) is 0 Å². The number of fused-ring (bicyclic) bond motifs is 1. The number of nitrogens with zero attached hydrogens (tertiary/aromatic N) is 2. The number of hydrogen-bond donors (Lipinski definition) is 0. The summed E-state index contributed by atoms with van der Waals surface area (Å²) in [6.45, 7) is 1.14. The van der Waals surface area contributed by atoms with Crippen LogP contribution in [0.1, 0.15) is 23.2 Å². The molecule has 1 aromatic heterocycles. The molecule has 152 valence electrons. The van der Waals surface area contributed by atoms with Crippen LogP contribution in [-0.4, -0.2) is 49.7 Å². The van der Waals surface area contributed by atoms with Crippen LogP contribution in [0.3, 0.4) is 0 Å². The van der Waals surface area contributed by atoms with Gasteiger partial charge in [-0.1, -0.05) is 29.0 Å². The monoisotopic (exact) mass is 450 g/mol. The molecule has 0 saturated carbocycles. The van der Waals surface area contributed by atoms with Crippen LogP contribution in [0.5, 0.6) is 5.19 Å². The SMILES string of the molecule is CS(=O)(=O)c1ccc(C(=O)N2CCC(Oc3nc4c(Cl)cccc4s3)CC2)cc1. The predicted molar refractivity (Wildman–Crippen MR) is 114 cm³/mol. The molecule has 4 rings (SSSR count). The van der Waals surface area contributed by atoms with Crippen molar-refractivity contribution in [1.82, 2.24) is 9.88 Å². The number of sulfone groups is 1. The van der Waals surface area contributed by atoms with Crippen LogP contribution in [0.15, 0.2) is 47.4 Å². The third-order valence-corrected chi connectivity index (χ3v) is 7.22. The molecule has 1 saturated heterocycles. The Kier molecular flexibility index (Phi) is 5.50. The van der Waals surface area contributed by atoms with Gasteiger partial charge in [-0.05, 0) is 36.4 Å². The van der Waals surface area contributed by atoms with Gasteiger partial charge in [0.1, 0.15) is 11.6 Å². The normalized spacial score (nSPS) is 15.6. The van der Waals surface area contributed by atoms with E-state index in [0.29, 0.717) is 41.7 Å². The molecule has 1 amide bonds. The minimum atomic E-state index is -3.27. The van der Waals surface area contributed by atoms with Gasteiger partial charge >= 0.3 is 0 Å². The Hall–Kier alpha value is -2.16. The first-order chi connectivity index (χ1) is 13.8. The summed E-state index contributed by atoms with van der Waals surface area (Å²) in [6, 6.07) is 11.7. The molecule has 0 atom stereocenters.